The number of hydrogen-bond acceptors (Lipinski definition) is 4. The molecule has 5 heteroatoms. The maximum absolute atomic E-state index is 11.2. The van der Waals surface area contributed by atoms with Crippen molar-refractivity contribution in [3.05, 3.63) is 120 Å². The molecule has 0 aliphatic rings. The second-order valence-corrected chi connectivity index (χ2v) is 15.5. The molecule has 0 saturated carbocycles. The van der Waals surface area contributed by atoms with E-state index in [1.54, 1.807) is 18.2 Å². The average molecular weight is 557 g/mol. The van der Waals surface area contributed by atoms with Crippen molar-refractivity contribution in [1.29, 1.82) is 0 Å². The summed E-state index contributed by atoms with van der Waals surface area (Å²) < 4.78 is 7.01. The molecule has 0 aliphatic heterocycles. The topological polar surface area (TPSA) is 69.9 Å². The van der Waals surface area contributed by atoms with Crippen LogP contribution in [0.5, 0.6) is 5.75 Å². The molecule has 4 nitrogen and oxygen atoms in total. The van der Waals surface area contributed by atoms with Gasteiger partial charge in [-0.15, -0.1) is 0 Å². The Kier molecular flexibility index (Phi) is 11.3. The molecular formula is C35H44O4Si. The van der Waals surface area contributed by atoms with Crippen LogP contribution < -0.4 is 10.4 Å². The Bertz CT molecular complexity index is 1230. The van der Waals surface area contributed by atoms with E-state index in [0.717, 1.165) is 12.0 Å². The van der Waals surface area contributed by atoms with Crippen LogP contribution in [-0.4, -0.2) is 43.0 Å². The Morgan fingerprint density at radius 1 is 0.925 bits per heavy atom. The van der Waals surface area contributed by atoms with Gasteiger partial charge in [0.15, 0.2) is 0 Å². The number of aliphatic hydroxyl groups excluding tert-OH is 2. The highest BCUT2D eigenvalue weighted by Gasteiger charge is 2.50. The maximum Gasteiger partial charge on any atom is 0.261 e. The highest BCUT2D eigenvalue weighted by Crippen LogP contribution is 2.37. The first kappa shape index (κ1) is 31.3. The first-order valence-corrected chi connectivity index (χ1v) is 15.9. The van der Waals surface area contributed by atoms with Gasteiger partial charge in [-0.1, -0.05) is 125 Å². The van der Waals surface area contributed by atoms with E-state index in [1.807, 2.05) is 24.3 Å². The number of hydrogen-bond donors (Lipinski definition) is 3. The molecule has 3 rings (SSSR count). The summed E-state index contributed by atoms with van der Waals surface area (Å²) in [5.41, 5.74) is 3.51. The maximum atomic E-state index is 11.2. The molecule has 3 aromatic rings. The SMILES string of the molecule is C=C(CO[Si](c1ccccc1)(c1ccccc1)C(C)(C)C)/C(=C/CO)C(O)CC/C(=C/c1ccc(O)cc1)CC. The third kappa shape index (κ3) is 7.70. The van der Waals surface area contributed by atoms with Crippen LogP contribution in [0.4, 0.5) is 0 Å². The largest absolute Gasteiger partial charge is 0.508 e. The highest BCUT2D eigenvalue weighted by atomic mass is 28.4. The lowest BCUT2D eigenvalue weighted by Gasteiger charge is -2.43. The van der Waals surface area contributed by atoms with Crippen LogP contribution in [0.2, 0.25) is 5.04 Å². The standard InChI is InChI=1S/C35H44O4Si/c1-6-28(25-29-17-20-30(37)21-18-29)19-22-34(38)33(23-24-36)27(2)26-39-40(35(3,4)5,31-13-9-7-10-14-31)32-15-11-8-12-16-32/h7-18,20-21,23,25,34,36-38H,2,6,19,22,24,26H2,1,3-5H3/b28-25+,33-23-. The van der Waals surface area contributed by atoms with Crippen molar-refractivity contribution in [1.82, 2.24) is 0 Å². The fourth-order valence-corrected chi connectivity index (χ4v) is 9.84. The van der Waals surface area contributed by atoms with Gasteiger partial charge in [0.2, 0.25) is 0 Å². The van der Waals surface area contributed by atoms with Gasteiger partial charge in [0.1, 0.15) is 5.75 Å². The Morgan fingerprint density at radius 3 is 1.95 bits per heavy atom. The van der Waals surface area contributed by atoms with Gasteiger partial charge in [-0.25, -0.2) is 0 Å². The molecule has 3 aromatic carbocycles. The second-order valence-electron chi connectivity index (χ2n) is 11.2. The fourth-order valence-electron chi connectivity index (χ4n) is 5.29. The van der Waals surface area contributed by atoms with Gasteiger partial charge in [0, 0.05) is 0 Å². The molecular weight excluding hydrogens is 512 g/mol. The van der Waals surface area contributed by atoms with Crippen molar-refractivity contribution >= 4 is 24.8 Å². The number of aromatic hydroxyl groups is 1. The zero-order chi connectivity index (χ0) is 29.2. The average Bonchev–Trinajstić information content (AvgIpc) is 2.95. The zero-order valence-corrected chi connectivity index (χ0v) is 25.3. The van der Waals surface area contributed by atoms with Crippen LogP contribution in [-0.2, 0) is 4.43 Å². The molecule has 0 aromatic heterocycles. The van der Waals surface area contributed by atoms with Crippen LogP contribution >= 0.6 is 0 Å². The van der Waals surface area contributed by atoms with E-state index in [1.165, 1.54) is 15.9 Å². The summed E-state index contributed by atoms with van der Waals surface area (Å²) in [6, 6.07) is 28.0. The number of allylic oxidation sites excluding steroid dienone is 1. The van der Waals surface area contributed by atoms with E-state index < -0.39 is 14.4 Å². The lowest BCUT2D eigenvalue weighted by Crippen LogP contribution is -2.66. The van der Waals surface area contributed by atoms with Gasteiger partial charge in [-0.3, -0.25) is 0 Å². The van der Waals surface area contributed by atoms with Gasteiger partial charge in [-0.05, 0) is 63.5 Å². The van der Waals surface area contributed by atoms with Crippen molar-refractivity contribution in [3.8, 4) is 5.75 Å². The summed E-state index contributed by atoms with van der Waals surface area (Å²) in [5.74, 6) is 0.239. The minimum atomic E-state index is -2.76. The van der Waals surface area contributed by atoms with Crippen LogP contribution in [0, 0.1) is 0 Å². The number of rotatable bonds is 13. The molecule has 40 heavy (non-hydrogen) atoms. The number of phenolic OH excluding ortho intramolecular Hbond substituents is 1. The minimum Gasteiger partial charge on any atom is -0.508 e. The van der Waals surface area contributed by atoms with Crippen LogP contribution in [0.1, 0.15) is 52.5 Å². The lowest BCUT2D eigenvalue weighted by molar-refractivity contribution is 0.198. The molecule has 3 N–H and O–H groups in total. The summed E-state index contributed by atoms with van der Waals surface area (Å²) in [4.78, 5) is 0. The van der Waals surface area contributed by atoms with Crippen molar-refractivity contribution in [2.75, 3.05) is 13.2 Å². The van der Waals surface area contributed by atoms with E-state index in [2.05, 4.69) is 88.9 Å². The normalized spacial score (nSPS) is 13.8. The smallest absolute Gasteiger partial charge is 0.261 e. The molecule has 212 valence electrons. The number of benzene rings is 3. The first-order chi connectivity index (χ1) is 19.1. The molecule has 0 fully saturated rings. The Hall–Kier alpha value is -3.22. The van der Waals surface area contributed by atoms with Crippen molar-refractivity contribution in [2.24, 2.45) is 0 Å². The van der Waals surface area contributed by atoms with Crippen molar-refractivity contribution < 1.29 is 19.7 Å². The minimum absolute atomic E-state index is 0.176. The van der Waals surface area contributed by atoms with Gasteiger partial charge in [0.25, 0.3) is 8.32 Å². The fraction of sp³-hybridized carbons (Fsp3) is 0.314. The summed E-state index contributed by atoms with van der Waals surface area (Å²) in [5, 5.41) is 32.8. The Labute approximate surface area is 241 Å². The molecule has 0 bridgehead atoms. The Balaban J connectivity index is 1.83. The summed E-state index contributed by atoms with van der Waals surface area (Å²) in [7, 11) is -2.76. The third-order valence-electron chi connectivity index (χ3n) is 7.42. The van der Waals surface area contributed by atoms with Gasteiger partial charge in [0.05, 0.1) is 19.3 Å². The van der Waals surface area contributed by atoms with Gasteiger partial charge >= 0.3 is 0 Å². The predicted octanol–water partition coefficient (Wildman–Crippen LogP) is 6.38. The van der Waals surface area contributed by atoms with Crippen LogP contribution in [0.15, 0.2) is 114 Å². The van der Waals surface area contributed by atoms with Gasteiger partial charge < -0.3 is 19.7 Å². The number of phenols is 1. The molecule has 1 atom stereocenters. The molecule has 0 radical (unpaired) electrons. The van der Waals surface area contributed by atoms with E-state index in [-0.39, 0.29) is 24.0 Å². The molecule has 0 heterocycles. The summed E-state index contributed by atoms with van der Waals surface area (Å²) in [6.45, 7) is 13.2. The third-order valence-corrected chi connectivity index (χ3v) is 12.4. The monoisotopic (exact) mass is 556 g/mol. The van der Waals surface area contributed by atoms with Crippen LogP contribution in [0.3, 0.4) is 0 Å². The van der Waals surface area contributed by atoms with E-state index >= 15 is 0 Å². The zero-order valence-electron chi connectivity index (χ0n) is 24.3. The molecule has 0 saturated heterocycles. The molecule has 0 amide bonds. The van der Waals surface area contributed by atoms with E-state index in [4.69, 9.17) is 4.43 Å². The molecule has 0 aliphatic carbocycles. The first-order valence-electron chi connectivity index (χ1n) is 14.0. The summed E-state index contributed by atoms with van der Waals surface area (Å²) in [6.07, 6.45) is 5.02. The lowest BCUT2D eigenvalue weighted by atomic mass is 9.95. The van der Waals surface area contributed by atoms with Crippen molar-refractivity contribution in [2.45, 2.75) is 58.1 Å². The predicted molar refractivity (Wildman–Crippen MR) is 169 cm³/mol. The van der Waals surface area contributed by atoms with Gasteiger partial charge in [-0.2, -0.15) is 0 Å². The second kappa shape index (κ2) is 14.4. The highest BCUT2D eigenvalue weighted by molar-refractivity contribution is 6.99. The number of aliphatic hydroxyl groups is 2. The van der Waals surface area contributed by atoms with E-state index in [0.29, 0.717) is 24.0 Å². The van der Waals surface area contributed by atoms with Crippen molar-refractivity contribution in [3.63, 3.8) is 0 Å². The van der Waals surface area contributed by atoms with Crippen LogP contribution in [0.25, 0.3) is 6.08 Å². The van der Waals surface area contributed by atoms with E-state index in [9.17, 15) is 15.3 Å². The quantitative estimate of drug-likeness (QED) is 0.169. The molecule has 1 unspecified atom stereocenters. The summed E-state index contributed by atoms with van der Waals surface area (Å²) >= 11 is 0. The Morgan fingerprint density at radius 2 is 1.48 bits per heavy atom. The molecule has 0 spiro atoms.